The standard InChI is InChI=1S/C19H18N2O3/c1-21-15-11-14(9-10-16(15)24-19(21)23)20-18(22)17(13-7-8-13)12-5-3-2-4-6-12/h2-6,9-11,13,17H,7-8H2,1H3,(H,20,22). The van der Waals surface area contributed by atoms with Gasteiger partial charge in [0.15, 0.2) is 5.58 Å². The largest absolute Gasteiger partial charge is 0.419 e. The molecule has 0 radical (unpaired) electrons. The van der Waals surface area contributed by atoms with E-state index in [-0.39, 0.29) is 11.8 Å². The van der Waals surface area contributed by atoms with E-state index in [1.54, 1.807) is 25.2 Å². The van der Waals surface area contributed by atoms with Crippen molar-refractivity contribution in [2.24, 2.45) is 13.0 Å². The Labute approximate surface area is 138 Å². The average Bonchev–Trinajstić information content (AvgIpc) is 3.37. The van der Waals surface area contributed by atoms with Gasteiger partial charge in [0.1, 0.15) is 0 Å². The topological polar surface area (TPSA) is 64.2 Å². The molecule has 4 rings (SSSR count). The van der Waals surface area contributed by atoms with Crippen LogP contribution in [0.2, 0.25) is 0 Å². The van der Waals surface area contributed by atoms with Crippen LogP contribution in [0.1, 0.15) is 24.3 Å². The Morgan fingerprint density at radius 1 is 1.21 bits per heavy atom. The number of carbonyl (C=O) groups excluding carboxylic acids is 1. The predicted molar refractivity (Wildman–Crippen MR) is 92.0 cm³/mol. The highest BCUT2D eigenvalue weighted by molar-refractivity contribution is 5.97. The summed E-state index contributed by atoms with van der Waals surface area (Å²) in [5, 5.41) is 2.99. The summed E-state index contributed by atoms with van der Waals surface area (Å²) in [6, 6.07) is 15.1. The molecule has 5 heteroatoms. The molecule has 1 N–H and O–H groups in total. The molecule has 0 spiro atoms. The fourth-order valence-corrected chi connectivity index (χ4v) is 3.15. The molecule has 1 aromatic heterocycles. The second-order valence-electron chi connectivity index (χ2n) is 6.32. The summed E-state index contributed by atoms with van der Waals surface area (Å²) in [6.45, 7) is 0. The van der Waals surface area contributed by atoms with Crippen LogP contribution in [-0.4, -0.2) is 10.5 Å². The Morgan fingerprint density at radius 2 is 1.96 bits per heavy atom. The van der Waals surface area contributed by atoms with Gasteiger partial charge in [-0.2, -0.15) is 0 Å². The van der Waals surface area contributed by atoms with Gasteiger partial charge in [0.25, 0.3) is 0 Å². The Balaban J connectivity index is 1.63. The summed E-state index contributed by atoms with van der Waals surface area (Å²) >= 11 is 0. The van der Waals surface area contributed by atoms with E-state index < -0.39 is 5.76 Å². The number of oxazole rings is 1. The molecule has 1 fully saturated rings. The molecule has 0 aliphatic heterocycles. The van der Waals surface area contributed by atoms with Crippen molar-refractivity contribution in [2.45, 2.75) is 18.8 Å². The number of aromatic nitrogens is 1. The van der Waals surface area contributed by atoms with Gasteiger partial charge in [0, 0.05) is 12.7 Å². The number of benzene rings is 2. The number of rotatable bonds is 4. The highest BCUT2D eigenvalue weighted by Crippen LogP contribution is 2.43. The molecule has 1 unspecified atom stereocenters. The Bertz CT molecular complexity index is 952. The highest BCUT2D eigenvalue weighted by Gasteiger charge is 2.37. The number of aryl methyl sites for hydroxylation is 1. The lowest BCUT2D eigenvalue weighted by molar-refractivity contribution is -0.118. The van der Waals surface area contributed by atoms with Crippen molar-refractivity contribution >= 4 is 22.7 Å². The molecule has 5 nitrogen and oxygen atoms in total. The minimum atomic E-state index is -0.409. The van der Waals surface area contributed by atoms with Crippen molar-refractivity contribution in [3.05, 3.63) is 64.6 Å². The van der Waals surface area contributed by atoms with Crippen molar-refractivity contribution in [1.82, 2.24) is 4.57 Å². The quantitative estimate of drug-likeness (QED) is 0.802. The van der Waals surface area contributed by atoms with Crippen LogP contribution < -0.4 is 11.1 Å². The molecule has 0 saturated heterocycles. The lowest BCUT2D eigenvalue weighted by Gasteiger charge is -2.16. The smallest absolute Gasteiger partial charge is 0.408 e. The number of anilines is 1. The van der Waals surface area contributed by atoms with Gasteiger partial charge in [-0.3, -0.25) is 9.36 Å². The summed E-state index contributed by atoms with van der Waals surface area (Å²) in [4.78, 5) is 24.4. The minimum absolute atomic E-state index is 0.00320. The van der Waals surface area contributed by atoms with Crippen LogP contribution in [0.5, 0.6) is 0 Å². The van der Waals surface area contributed by atoms with Crippen molar-refractivity contribution in [2.75, 3.05) is 5.32 Å². The monoisotopic (exact) mass is 322 g/mol. The Kier molecular flexibility index (Phi) is 3.49. The van der Waals surface area contributed by atoms with Crippen LogP contribution >= 0.6 is 0 Å². The number of nitrogens with zero attached hydrogens (tertiary/aromatic N) is 1. The molecule has 2 aromatic carbocycles. The Hall–Kier alpha value is -2.82. The first kappa shape index (κ1) is 14.8. The lowest BCUT2D eigenvalue weighted by Crippen LogP contribution is -2.22. The number of hydrogen-bond donors (Lipinski definition) is 1. The van der Waals surface area contributed by atoms with Gasteiger partial charge >= 0.3 is 5.76 Å². The number of hydrogen-bond acceptors (Lipinski definition) is 3. The van der Waals surface area contributed by atoms with Gasteiger partial charge < -0.3 is 9.73 Å². The summed E-state index contributed by atoms with van der Waals surface area (Å²) in [7, 11) is 1.65. The lowest BCUT2D eigenvalue weighted by atomic mass is 9.93. The number of carbonyl (C=O) groups is 1. The van der Waals surface area contributed by atoms with E-state index in [1.807, 2.05) is 30.3 Å². The van der Waals surface area contributed by atoms with Crippen molar-refractivity contribution < 1.29 is 9.21 Å². The normalized spacial score (nSPS) is 15.4. The van der Waals surface area contributed by atoms with Crippen LogP contribution in [-0.2, 0) is 11.8 Å². The third-order valence-corrected chi connectivity index (χ3v) is 4.59. The molecule has 122 valence electrons. The number of fused-ring (bicyclic) bond motifs is 1. The Morgan fingerprint density at radius 3 is 2.67 bits per heavy atom. The van der Waals surface area contributed by atoms with E-state index in [1.165, 1.54) is 4.57 Å². The van der Waals surface area contributed by atoms with Gasteiger partial charge in [0.2, 0.25) is 5.91 Å². The van der Waals surface area contributed by atoms with E-state index in [0.29, 0.717) is 22.7 Å². The van der Waals surface area contributed by atoms with Crippen LogP contribution in [0.25, 0.3) is 11.1 Å². The summed E-state index contributed by atoms with van der Waals surface area (Å²) in [6.07, 6.45) is 2.17. The van der Waals surface area contributed by atoms with Crippen LogP contribution in [0.3, 0.4) is 0 Å². The molecule has 0 bridgehead atoms. The maximum Gasteiger partial charge on any atom is 0.419 e. The summed E-state index contributed by atoms with van der Waals surface area (Å²) in [5.74, 6) is -0.130. The van der Waals surface area contributed by atoms with Crippen LogP contribution in [0, 0.1) is 5.92 Å². The van der Waals surface area contributed by atoms with E-state index in [9.17, 15) is 9.59 Å². The van der Waals surface area contributed by atoms with Gasteiger partial charge in [0.05, 0.1) is 11.4 Å². The first-order valence-electron chi connectivity index (χ1n) is 8.09. The maximum absolute atomic E-state index is 12.8. The second kappa shape index (κ2) is 5.67. The van der Waals surface area contributed by atoms with E-state index >= 15 is 0 Å². The molecule has 1 heterocycles. The molecular weight excluding hydrogens is 304 g/mol. The van der Waals surface area contributed by atoms with Gasteiger partial charge in [-0.15, -0.1) is 0 Å². The first-order valence-corrected chi connectivity index (χ1v) is 8.09. The fraction of sp³-hybridized carbons (Fsp3) is 0.263. The molecule has 1 saturated carbocycles. The van der Waals surface area contributed by atoms with E-state index in [4.69, 9.17) is 4.42 Å². The molecule has 1 aliphatic rings. The molecule has 1 aliphatic carbocycles. The molecular formula is C19H18N2O3. The van der Waals surface area contributed by atoms with Crippen molar-refractivity contribution in [3.63, 3.8) is 0 Å². The number of nitrogens with one attached hydrogen (secondary N) is 1. The van der Waals surface area contributed by atoms with E-state index in [2.05, 4.69) is 5.32 Å². The van der Waals surface area contributed by atoms with Gasteiger partial charge in [-0.1, -0.05) is 30.3 Å². The predicted octanol–water partition coefficient (Wildman–Crippen LogP) is 3.26. The zero-order valence-electron chi connectivity index (χ0n) is 13.4. The van der Waals surface area contributed by atoms with Gasteiger partial charge in [-0.25, -0.2) is 4.79 Å². The van der Waals surface area contributed by atoms with Crippen LogP contribution in [0.4, 0.5) is 5.69 Å². The minimum Gasteiger partial charge on any atom is -0.408 e. The van der Waals surface area contributed by atoms with Crippen molar-refractivity contribution in [3.8, 4) is 0 Å². The SMILES string of the molecule is Cn1c(=O)oc2ccc(NC(=O)C(c3ccccc3)C3CC3)cc21. The molecule has 1 atom stereocenters. The molecule has 1 amide bonds. The summed E-state index contributed by atoms with van der Waals surface area (Å²) in [5.41, 5.74) is 2.91. The molecule has 3 aromatic rings. The number of amides is 1. The summed E-state index contributed by atoms with van der Waals surface area (Å²) < 4.78 is 6.55. The molecule has 24 heavy (non-hydrogen) atoms. The second-order valence-corrected chi connectivity index (χ2v) is 6.32. The average molecular weight is 322 g/mol. The maximum atomic E-state index is 12.8. The zero-order chi connectivity index (χ0) is 16.7. The first-order chi connectivity index (χ1) is 11.6. The fourth-order valence-electron chi connectivity index (χ4n) is 3.15. The third-order valence-electron chi connectivity index (χ3n) is 4.59. The van der Waals surface area contributed by atoms with Gasteiger partial charge in [-0.05, 0) is 42.5 Å². The van der Waals surface area contributed by atoms with Crippen LogP contribution in [0.15, 0.2) is 57.7 Å². The van der Waals surface area contributed by atoms with Crippen molar-refractivity contribution in [1.29, 1.82) is 0 Å². The zero-order valence-corrected chi connectivity index (χ0v) is 13.4. The highest BCUT2D eigenvalue weighted by atomic mass is 16.4. The third kappa shape index (κ3) is 2.62. The van der Waals surface area contributed by atoms with E-state index in [0.717, 1.165) is 18.4 Å².